The van der Waals surface area contributed by atoms with E-state index in [2.05, 4.69) is 5.32 Å². The van der Waals surface area contributed by atoms with Crippen molar-refractivity contribution in [3.05, 3.63) is 63.8 Å². The van der Waals surface area contributed by atoms with Crippen molar-refractivity contribution in [2.75, 3.05) is 61.2 Å². The normalized spacial score (nSPS) is 17.6. The molecular formula is C25H25F2N3O5. The molecule has 3 heterocycles. The third kappa shape index (κ3) is 4.85. The van der Waals surface area contributed by atoms with Crippen molar-refractivity contribution in [1.82, 2.24) is 0 Å². The lowest BCUT2D eigenvalue weighted by molar-refractivity contribution is -0.125. The summed E-state index contributed by atoms with van der Waals surface area (Å²) in [7, 11) is 0. The highest BCUT2D eigenvalue weighted by Crippen LogP contribution is 2.33. The largest absolute Gasteiger partial charge is 0.440 e. The van der Waals surface area contributed by atoms with E-state index in [1.165, 1.54) is 18.2 Å². The van der Waals surface area contributed by atoms with E-state index in [0.29, 0.717) is 67.6 Å². The van der Waals surface area contributed by atoms with E-state index in [4.69, 9.17) is 13.9 Å². The second-order valence-electron chi connectivity index (χ2n) is 8.58. The Morgan fingerprint density at radius 1 is 0.914 bits per heavy atom. The van der Waals surface area contributed by atoms with Crippen molar-refractivity contribution in [3.8, 4) is 0 Å². The number of fused-ring (bicyclic) bond motifs is 1. The SMILES string of the molecule is CC(Nc1cc(F)cc(F)c1)c1cc(N2CCOCC2=O)cc2c(=O)cc(N3CCOCC3)oc12. The van der Waals surface area contributed by atoms with Crippen LogP contribution in [0.4, 0.5) is 26.0 Å². The van der Waals surface area contributed by atoms with Gasteiger partial charge in [0, 0.05) is 48.7 Å². The molecule has 2 saturated heterocycles. The molecular weight excluding hydrogens is 460 g/mol. The monoisotopic (exact) mass is 485 g/mol. The highest BCUT2D eigenvalue weighted by Gasteiger charge is 2.25. The van der Waals surface area contributed by atoms with Gasteiger partial charge in [-0.25, -0.2) is 8.78 Å². The predicted octanol–water partition coefficient (Wildman–Crippen LogP) is 3.44. The maximum Gasteiger partial charge on any atom is 0.253 e. The van der Waals surface area contributed by atoms with Crippen LogP contribution in [0.1, 0.15) is 18.5 Å². The van der Waals surface area contributed by atoms with Gasteiger partial charge >= 0.3 is 0 Å². The second-order valence-corrected chi connectivity index (χ2v) is 8.58. The topological polar surface area (TPSA) is 84.2 Å². The minimum atomic E-state index is -0.710. The van der Waals surface area contributed by atoms with Gasteiger partial charge in [0.1, 0.15) is 23.8 Å². The smallest absolute Gasteiger partial charge is 0.253 e. The first-order valence-electron chi connectivity index (χ1n) is 11.4. The zero-order chi connectivity index (χ0) is 24.5. The number of nitrogens with zero attached hydrogens (tertiary/aromatic N) is 2. The lowest BCUT2D eigenvalue weighted by Gasteiger charge is -2.29. The van der Waals surface area contributed by atoms with Crippen molar-refractivity contribution in [3.63, 3.8) is 0 Å². The number of hydrogen-bond donors (Lipinski definition) is 1. The molecule has 0 saturated carbocycles. The van der Waals surface area contributed by atoms with Gasteiger partial charge in [-0.15, -0.1) is 0 Å². The van der Waals surface area contributed by atoms with Crippen LogP contribution in [-0.4, -0.2) is 52.0 Å². The minimum absolute atomic E-state index is 0.0473. The quantitative estimate of drug-likeness (QED) is 0.593. The van der Waals surface area contributed by atoms with Crippen molar-refractivity contribution < 1.29 is 27.5 Å². The minimum Gasteiger partial charge on any atom is -0.440 e. The number of amides is 1. The van der Waals surface area contributed by atoms with Crippen LogP contribution in [0.15, 0.2) is 45.6 Å². The van der Waals surface area contributed by atoms with Gasteiger partial charge in [0.15, 0.2) is 11.3 Å². The fourth-order valence-corrected chi connectivity index (χ4v) is 4.43. The number of hydrogen-bond acceptors (Lipinski definition) is 7. The number of ether oxygens (including phenoxy) is 2. The summed E-state index contributed by atoms with van der Waals surface area (Å²) in [6.45, 7) is 4.68. The number of morpholine rings is 2. The lowest BCUT2D eigenvalue weighted by Crippen LogP contribution is -2.41. The number of rotatable bonds is 5. The van der Waals surface area contributed by atoms with Gasteiger partial charge in [0.05, 0.1) is 31.2 Å². The molecule has 0 bridgehead atoms. The molecule has 1 amide bonds. The van der Waals surface area contributed by atoms with E-state index < -0.39 is 17.7 Å². The van der Waals surface area contributed by atoms with E-state index in [0.717, 1.165) is 6.07 Å². The first-order chi connectivity index (χ1) is 16.9. The third-order valence-corrected chi connectivity index (χ3v) is 6.16. The molecule has 1 unspecified atom stereocenters. The van der Waals surface area contributed by atoms with Gasteiger partial charge in [-0.3, -0.25) is 9.59 Å². The first-order valence-corrected chi connectivity index (χ1v) is 11.4. The van der Waals surface area contributed by atoms with Crippen molar-refractivity contribution in [2.24, 2.45) is 0 Å². The highest BCUT2D eigenvalue weighted by molar-refractivity contribution is 5.97. The summed E-state index contributed by atoms with van der Waals surface area (Å²) >= 11 is 0. The molecule has 0 radical (unpaired) electrons. The summed E-state index contributed by atoms with van der Waals surface area (Å²) in [5.74, 6) is -1.22. The Kier molecular flexibility index (Phi) is 6.40. The Hall–Kier alpha value is -3.50. The van der Waals surface area contributed by atoms with Crippen LogP contribution < -0.4 is 20.5 Å². The lowest BCUT2D eigenvalue weighted by atomic mass is 10.0. The van der Waals surface area contributed by atoms with Gasteiger partial charge in [0.25, 0.3) is 5.91 Å². The molecule has 8 nitrogen and oxygen atoms in total. The van der Waals surface area contributed by atoms with Crippen LogP contribution in [0, 0.1) is 11.6 Å². The summed E-state index contributed by atoms with van der Waals surface area (Å²) in [5, 5.41) is 3.40. The van der Waals surface area contributed by atoms with Crippen LogP contribution in [0.2, 0.25) is 0 Å². The Balaban J connectivity index is 1.62. The fourth-order valence-electron chi connectivity index (χ4n) is 4.43. The van der Waals surface area contributed by atoms with Crippen LogP contribution in [0.5, 0.6) is 0 Å². The maximum atomic E-state index is 13.8. The third-order valence-electron chi connectivity index (χ3n) is 6.16. The molecule has 10 heteroatoms. The Labute approximate surface area is 200 Å². The summed E-state index contributed by atoms with van der Waals surface area (Å²) in [4.78, 5) is 29.2. The second kappa shape index (κ2) is 9.63. The molecule has 3 aromatic rings. The van der Waals surface area contributed by atoms with Gasteiger partial charge in [-0.05, 0) is 31.2 Å². The number of carbonyl (C=O) groups excluding carboxylic acids is 1. The summed E-state index contributed by atoms with van der Waals surface area (Å²) in [6, 6.07) is 7.51. The Morgan fingerprint density at radius 3 is 2.34 bits per heavy atom. The van der Waals surface area contributed by atoms with Crippen LogP contribution in [0.25, 0.3) is 11.0 Å². The van der Waals surface area contributed by atoms with Crippen molar-refractivity contribution >= 4 is 34.1 Å². The zero-order valence-electron chi connectivity index (χ0n) is 19.2. The highest BCUT2D eigenvalue weighted by atomic mass is 19.1. The van der Waals surface area contributed by atoms with E-state index in [9.17, 15) is 18.4 Å². The number of benzene rings is 2. The molecule has 35 heavy (non-hydrogen) atoms. The summed E-state index contributed by atoms with van der Waals surface area (Å²) < 4.78 is 44.4. The molecule has 2 aliphatic heterocycles. The standard InChI is InChI=1S/C25H25F2N3O5/c1-15(28-18-9-16(26)8-17(27)10-18)20-11-19(30-4-7-34-14-23(30)32)12-21-22(31)13-24(35-25(20)21)29-2-5-33-6-3-29/h8-13,15,28H,2-7,14H2,1H3. The van der Waals surface area contributed by atoms with Crippen LogP contribution in [0.3, 0.4) is 0 Å². The molecule has 0 aliphatic carbocycles. The molecule has 2 fully saturated rings. The molecule has 184 valence electrons. The number of halogens is 2. The van der Waals surface area contributed by atoms with E-state index in [-0.39, 0.29) is 23.6 Å². The molecule has 5 rings (SSSR count). The molecule has 1 atom stereocenters. The molecule has 2 aromatic carbocycles. The molecule has 1 aromatic heterocycles. The van der Waals surface area contributed by atoms with E-state index in [1.54, 1.807) is 24.0 Å². The van der Waals surface area contributed by atoms with E-state index in [1.807, 2.05) is 4.90 Å². The Bertz CT molecular complexity index is 1300. The summed E-state index contributed by atoms with van der Waals surface area (Å²) in [6.07, 6.45) is 0. The van der Waals surface area contributed by atoms with Crippen LogP contribution in [-0.2, 0) is 14.3 Å². The average Bonchev–Trinajstić information content (AvgIpc) is 2.83. The van der Waals surface area contributed by atoms with Crippen LogP contribution >= 0.6 is 0 Å². The fraction of sp³-hybridized carbons (Fsp3) is 0.360. The van der Waals surface area contributed by atoms with Gasteiger partial charge in [-0.1, -0.05) is 0 Å². The first kappa shape index (κ1) is 23.3. The molecule has 2 aliphatic rings. The predicted molar refractivity (Wildman–Crippen MR) is 127 cm³/mol. The van der Waals surface area contributed by atoms with Gasteiger partial charge in [0.2, 0.25) is 0 Å². The Morgan fingerprint density at radius 2 is 1.63 bits per heavy atom. The molecule has 0 spiro atoms. The van der Waals surface area contributed by atoms with Crippen molar-refractivity contribution in [2.45, 2.75) is 13.0 Å². The van der Waals surface area contributed by atoms with Gasteiger partial charge in [-0.2, -0.15) is 0 Å². The molecule has 1 N–H and O–H groups in total. The number of anilines is 3. The van der Waals surface area contributed by atoms with E-state index >= 15 is 0 Å². The number of nitrogens with one attached hydrogen (secondary N) is 1. The summed E-state index contributed by atoms with van der Waals surface area (Å²) in [5.41, 5.74) is 1.45. The van der Waals surface area contributed by atoms with Crippen molar-refractivity contribution in [1.29, 1.82) is 0 Å². The maximum absolute atomic E-state index is 13.8. The number of carbonyl (C=O) groups is 1. The zero-order valence-corrected chi connectivity index (χ0v) is 19.2. The van der Waals surface area contributed by atoms with Gasteiger partial charge < -0.3 is 29.0 Å². The average molecular weight is 485 g/mol.